The van der Waals surface area contributed by atoms with E-state index in [1.54, 1.807) is 18.3 Å². The molecule has 0 saturated heterocycles. The Kier molecular flexibility index (Phi) is 3.52. The van der Waals surface area contributed by atoms with Gasteiger partial charge in [0.2, 0.25) is 0 Å². The van der Waals surface area contributed by atoms with Crippen LogP contribution < -0.4 is 0 Å². The molecule has 0 aliphatic heterocycles. The van der Waals surface area contributed by atoms with E-state index in [1.807, 2.05) is 0 Å². The topological polar surface area (TPSA) is 50.2 Å². The molecule has 3 nitrogen and oxygen atoms in total. The number of hydrogen-bond acceptors (Lipinski definition) is 2. The van der Waals surface area contributed by atoms with Crippen LogP contribution in [0.4, 0.5) is 13.2 Å². The summed E-state index contributed by atoms with van der Waals surface area (Å²) in [4.78, 5) is 15.2. The summed E-state index contributed by atoms with van der Waals surface area (Å²) in [6.07, 6.45) is -2.83. The number of aromatic nitrogens is 1. The van der Waals surface area contributed by atoms with Crippen molar-refractivity contribution in [3.8, 4) is 11.1 Å². The number of fused-ring (bicyclic) bond motifs is 1. The lowest BCUT2D eigenvalue weighted by Crippen LogP contribution is -2.04. The predicted octanol–water partition coefficient (Wildman–Crippen LogP) is 4.62. The first-order valence-electron chi connectivity index (χ1n) is 6.65. The molecular weight excluding hydrogens is 307 g/mol. The highest BCUT2D eigenvalue weighted by Gasteiger charge is 2.29. The third-order valence-electron chi connectivity index (χ3n) is 3.47. The van der Waals surface area contributed by atoms with Crippen LogP contribution in [0.5, 0.6) is 0 Å². The van der Waals surface area contributed by atoms with Crippen molar-refractivity contribution >= 4 is 16.9 Å². The number of carbonyl (C=O) groups is 1. The van der Waals surface area contributed by atoms with E-state index in [0.29, 0.717) is 22.0 Å². The lowest BCUT2D eigenvalue weighted by Gasteiger charge is -2.08. The van der Waals surface area contributed by atoms with Crippen molar-refractivity contribution in [2.24, 2.45) is 0 Å². The van der Waals surface area contributed by atoms with Gasteiger partial charge in [0.1, 0.15) is 0 Å². The average molecular weight is 317 g/mol. The number of benzene rings is 2. The van der Waals surface area contributed by atoms with Gasteiger partial charge in [-0.15, -0.1) is 0 Å². The molecule has 23 heavy (non-hydrogen) atoms. The molecule has 116 valence electrons. The third kappa shape index (κ3) is 3.01. The molecular formula is C17H10F3NO2. The van der Waals surface area contributed by atoms with E-state index in [4.69, 9.17) is 5.11 Å². The van der Waals surface area contributed by atoms with E-state index in [2.05, 4.69) is 4.98 Å². The molecule has 1 aromatic heterocycles. The molecule has 0 fully saturated rings. The highest BCUT2D eigenvalue weighted by atomic mass is 19.4. The average Bonchev–Trinajstić information content (AvgIpc) is 2.53. The first-order chi connectivity index (χ1) is 10.8. The molecule has 0 spiro atoms. The van der Waals surface area contributed by atoms with Crippen LogP contribution in [0.2, 0.25) is 0 Å². The molecule has 1 heterocycles. The third-order valence-corrected chi connectivity index (χ3v) is 3.47. The molecule has 0 saturated carbocycles. The van der Waals surface area contributed by atoms with Crippen molar-refractivity contribution < 1.29 is 23.1 Å². The fourth-order valence-corrected chi connectivity index (χ4v) is 2.27. The maximum Gasteiger partial charge on any atom is 0.416 e. The van der Waals surface area contributed by atoms with Crippen LogP contribution in [0.3, 0.4) is 0 Å². The maximum atomic E-state index is 12.6. The molecule has 0 unspecified atom stereocenters. The first-order valence-corrected chi connectivity index (χ1v) is 6.65. The molecule has 0 aliphatic carbocycles. The van der Waals surface area contributed by atoms with Crippen LogP contribution >= 0.6 is 0 Å². The number of halogens is 3. The predicted molar refractivity (Wildman–Crippen MR) is 79.1 cm³/mol. The first kappa shape index (κ1) is 15.0. The van der Waals surface area contributed by atoms with Gasteiger partial charge in [0.05, 0.1) is 16.6 Å². The van der Waals surface area contributed by atoms with Gasteiger partial charge in [-0.3, -0.25) is 4.98 Å². The summed E-state index contributed by atoms with van der Waals surface area (Å²) < 4.78 is 37.7. The number of pyridine rings is 1. The molecule has 0 atom stereocenters. The fourth-order valence-electron chi connectivity index (χ4n) is 2.27. The van der Waals surface area contributed by atoms with Gasteiger partial charge >= 0.3 is 12.1 Å². The van der Waals surface area contributed by atoms with Crippen LogP contribution in [-0.2, 0) is 6.18 Å². The van der Waals surface area contributed by atoms with E-state index in [0.717, 1.165) is 12.1 Å². The minimum atomic E-state index is -4.38. The highest BCUT2D eigenvalue weighted by Crippen LogP contribution is 2.31. The Morgan fingerprint density at radius 2 is 1.65 bits per heavy atom. The van der Waals surface area contributed by atoms with E-state index in [1.165, 1.54) is 24.3 Å². The Balaban J connectivity index is 2.04. The summed E-state index contributed by atoms with van der Waals surface area (Å²) in [7, 11) is 0. The highest BCUT2D eigenvalue weighted by molar-refractivity contribution is 5.94. The molecule has 0 amide bonds. The van der Waals surface area contributed by atoms with Gasteiger partial charge in [0.15, 0.2) is 0 Å². The van der Waals surface area contributed by atoms with Gasteiger partial charge in [-0.25, -0.2) is 4.79 Å². The largest absolute Gasteiger partial charge is 0.478 e. The molecule has 2 aromatic carbocycles. The maximum absolute atomic E-state index is 12.6. The smallest absolute Gasteiger partial charge is 0.416 e. The zero-order valence-electron chi connectivity index (χ0n) is 11.6. The van der Waals surface area contributed by atoms with Crippen LogP contribution in [0, 0.1) is 0 Å². The summed E-state index contributed by atoms with van der Waals surface area (Å²) in [6, 6.07) is 11.0. The number of hydrogen-bond donors (Lipinski definition) is 1. The molecule has 3 aromatic rings. The summed E-state index contributed by atoms with van der Waals surface area (Å²) in [5.41, 5.74) is 1.22. The summed E-state index contributed by atoms with van der Waals surface area (Å²) >= 11 is 0. The van der Waals surface area contributed by atoms with Gasteiger partial charge < -0.3 is 5.11 Å². The molecule has 0 radical (unpaired) electrons. The van der Waals surface area contributed by atoms with Crippen molar-refractivity contribution in [3.05, 3.63) is 65.9 Å². The second-order valence-corrected chi connectivity index (χ2v) is 5.01. The number of aromatic carboxylic acids is 1. The molecule has 3 rings (SSSR count). The van der Waals surface area contributed by atoms with Gasteiger partial charge in [-0.2, -0.15) is 13.2 Å². The standard InChI is InChI=1S/C17H10F3NO2/c18-17(19,20)14-4-1-10(2-5-14)13-8-12-7-11(16(22)23)3-6-15(12)21-9-13/h1-9H,(H,22,23). The lowest BCUT2D eigenvalue weighted by molar-refractivity contribution is -0.137. The van der Waals surface area contributed by atoms with Gasteiger partial charge in [-0.1, -0.05) is 12.1 Å². The number of carboxylic acid groups (broad SMARTS) is 1. The minimum Gasteiger partial charge on any atom is -0.478 e. The van der Waals surface area contributed by atoms with Crippen LogP contribution in [0.1, 0.15) is 15.9 Å². The van der Waals surface area contributed by atoms with Crippen LogP contribution in [0.25, 0.3) is 22.0 Å². The molecule has 6 heteroatoms. The number of nitrogens with zero attached hydrogens (tertiary/aromatic N) is 1. The van der Waals surface area contributed by atoms with Crippen molar-refractivity contribution in [2.45, 2.75) is 6.18 Å². The van der Waals surface area contributed by atoms with Crippen molar-refractivity contribution in [3.63, 3.8) is 0 Å². The van der Waals surface area contributed by atoms with Crippen molar-refractivity contribution in [1.82, 2.24) is 4.98 Å². The fraction of sp³-hybridized carbons (Fsp3) is 0.0588. The second-order valence-electron chi connectivity index (χ2n) is 5.01. The van der Waals surface area contributed by atoms with E-state index >= 15 is 0 Å². The Morgan fingerprint density at radius 3 is 2.26 bits per heavy atom. The van der Waals surface area contributed by atoms with E-state index < -0.39 is 17.7 Å². The molecule has 1 N–H and O–H groups in total. The zero-order valence-corrected chi connectivity index (χ0v) is 11.6. The van der Waals surface area contributed by atoms with Crippen LogP contribution in [0.15, 0.2) is 54.7 Å². The summed E-state index contributed by atoms with van der Waals surface area (Å²) in [6.45, 7) is 0. The number of alkyl halides is 3. The van der Waals surface area contributed by atoms with Gasteiger partial charge in [0, 0.05) is 17.1 Å². The Labute approximate surface area is 129 Å². The van der Waals surface area contributed by atoms with Crippen molar-refractivity contribution in [2.75, 3.05) is 0 Å². The van der Waals surface area contributed by atoms with E-state index in [9.17, 15) is 18.0 Å². The normalized spacial score (nSPS) is 11.6. The Hall–Kier alpha value is -2.89. The van der Waals surface area contributed by atoms with E-state index in [-0.39, 0.29) is 5.56 Å². The second kappa shape index (κ2) is 5.39. The Bertz CT molecular complexity index is 886. The van der Waals surface area contributed by atoms with Gasteiger partial charge in [-0.05, 0) is 42.0 Å². The Morgan fingerprint density at radius 1 is 0.957 bits per heavy atom. The SMILES string of the molecule is O=C(O)c1ccc2ncc(-c3ccc(C(F)(F)F)cc3)cc2c1. The van der Waals surface area contributed by atoms with Crippen molar-refractivity contribution in [1.29, 1.82) is 0 Å². The summed E-state index contributed by atoms with van der Waals surface area (Å²) in [5.74, 6) is -1.05. The molecule has 0 bridgehead atoms. The quantitative estimate of drug-likeness (QED) is 0.750. The summed E-state index contributed by atoms with van der Waals surface area (Å²) in [5, 5.41) is 9.62. The monoisotopic (exact) mass is 317 g/mol. The zero-order chi connectivity index (χ0) is 16.6. The lowest BCUT2D eigenvalue weighted by atomic mass is 10.0. The molecule has 0 aliphatic rings. The van der Waals surface area contributed by atoms with Gasteiger partial charge in [0.25, 0.3) is 0 Å². The number of rotatable bonds is 2. The minimum absolute atomic E-state index is 0.129. The van der Waals surface area contributed by atoms with Crippen LogP contribution in [-0.4, -0.2) is 16.1 Å². The number of carboxylic acids is 1.